The van der Waals surface area contributed by atoms with Crippen molar-refractivity contribution in [2.75, 3.05) is 6.61 Å². The number of alkyl halides is 3. The van der Waals surface area contributed by atoms with Gasteiger partial charge in [0.2, 0.25) is 0 Å². The van der Waals surface area contributed by atoms with Crippen molar-refractivity contribution in [3.05, 3.63) is 59.2 Å². The molecule has 0 spiro atoms. The SMILES string of the molecule is CC(C)CC(C)(COc1ccc(-c2ccnc3cc(Cl)ccc23)cc1C(F)(F)F)NC(=O)[O-]. The predicted octanol–water partition coefficient (Wildman–Crippen LogP) is 5.69. The van der Waals surface area contributed by atoms with Crippen LogP contribution in [0.4, 0.5) is 18.0 Å². The zero-order valence-electron chi connectivity index (χ0n) is 18.3. The van der Waals surface area contributed by atoms with E-state index >= 15 is 0 Å². The molecule has 0 saturated heterocycles. The Labute approximate surface area is 194 Å². The van der Waals surface area contributed by atoms with Crippen molar-refractivity contribution in [1.29, 1.82) is 0 Å². The zero-order chi connectivity index (χ0) is 24.4. The third-order valence-corrected chi connectivity index (χ3v) is 5.34. The van der Waals surface area contributed by atoms with Gasteiger partial charge in [-0.15, -0.1) is 0 Å². The van der Waals surface area contributed by atoms with Gasteiger partial charge in [0.25, 0.3) is 0 Å². The second kappa shape index (κ2) is 9.47. The minimum Gasteiger partial charge on any atom is -0.530 e. The molecule has 3 rings (SSSR count). The first kappa shape index (κ1) is 24.6. The van der Waals surface area contributed by atoms with E-state index in [9.17, 15) is 23.1 Å². The van der Waals surface area contributed by atoms with Gasteiger partial charge in [-0.05, 0) is 60.7 Å². The first-order chi connectivity index (χ1) is 15.4. The molecule has 0 aliphatic rings. The molecule has 1 atom stereocenters. The Morgan fingerprint density at radius 3 is 2.55 bits per heavy atom. The van der Waals surface area contributed by atoms with E-state index in [4.69, 9.17) is 16.3 Å². The smallest absolute Gasteiger partial charge is 0.419 e. The number of halogens is 4. The van der Waals surface area contributed by atoms with Gasteiger partial charge >= 0.3 is 6.18 Å². The molecule has 3 aromatic rings. The van der Waals surface area contributed by atoms with Crippen LogP contribution in [0.2, 0.25) is 5.02 Å². The molecular formula is C24H23ClF3N2O3-. The summed E-state index contributed by atoms with van der Waals surface area (Å²) >= 11 is 6.01. The molecule has 0 saturated carbocycles. The Morgan fingerprint density at radius 1 is 1.18 bits per heavy atom. The van der Waals surface area contributed by atoms with Crippen molar-refractivity contribution < 1.29 is 27.8 Å². The van der Waals surface area contributed by atoms with Crippen molar-refractivity contribution in [3.63, 3.8) is 0 Å². The summed E-state index contributed by atoms with van der Waals surface area (Å²) in [5.74, 6) is -0.314. The maximum absolute atomic E-state index is 13.9. The number of hydrogen-bond acceptors (Lipinski definition) is 4. The van der Waals surface area contributed by atoms with Crippen LogP contribution in [0.15, 0.2) is 48.7 Å². The van der Waals surface area contributed by atoms with E-state index in [0.717, 1.165) is 6.07 Å². The van der Waals surface area contributed by atoms with Crippen LogP contribution in [0.1, 0.15) is 32.8 Å². The number of pyridine rings is 1. The highest BCUT2D eigenvalue weighted by atomic mass is 35.5. The van der Waals surface area contributed by atoms with E-state index in [0.29, 0.717) is 33.5 Å². The number of ether oxygens (including phenoxy) is 1. The normalized spacial score (nSPS) is 13.7. The summed E-state index contributed by atoms with van der Waals surface area (Å²) in [6.45, 7) is 5.02. The zero-order valence-corrected chi connectivity index (χ0v) is 19.1. The number of fused-ring (bicyclic) bond motifs is 1. The number of hydrogen-bond donors (Lipinski definition) is 1. The second-order valence-electron chi connectivity index (χ2n) is 8.59. The lowest BCUT2D eigenvalue weighted by Gasteiger charge is -2.34. The van der Waals surface area contributed by atoms with Crippen molar-refractivity contribution in [2.24, 2.45) is 5.92 Å². The molecule has 2 aromatic carbocycles. The predicted molar refractivity (Wildman–Crippen MR) is 119 cm³/mol. The van der Waals surface area contributed by atoms with Crippen LogP contribution >= 0.6 is 11.6 Å². The highest BCUT2D eigenvalue weighted by Gasteiger charge is 2.36. The fraction of sp³-hybridized carbons (Fsp3) is 0.333. The van der Waals surface area contributed by atoms with Crippen molar-refractivity contribution in [2.45, 2.75) is 38.9 Å². The van der Waals surface area contributed by atoms with Gasteiger partial charge in [0, 0.05) is 16.6 Å². The van der Waals surface area contributed by atoms with E-state index in [1.807, 2.05) is 13.8 Å². The summed E-state index contributed by atoms with van der Waals surface area (Å²) in [4.78, 5) is 15.3. The fourth-order valence-electron chi connectivity index (χ4n) is 3.95. The van der Waals surface area contributed by atoms with Gasteiger partial charge in [-0.25, -0.2) is 0 Å². The largest absolute Gasteiger partial charge is 0.530 e. The first-order valence-corrected chi connectivity index (χ1v) is 10.6. The van der Waals surface area contributed by atoms with Crippen LogP contribution in [0.5, 0.6) is 5.75 Å². The molecule has 0 bridgehead atoms. The Hall–Kier alpha value is -3.00. The van der Waals surface area contributed by atoms with E-state index in [1.54, 1.807) is 31.2 Å². The number of carbonyl (C=O) groups excluding carboxylic acids is 1. The molecule has 1 heterocycles. The summed E-state index contributed by atoms with van der Waals surface area (Å²) in [5, 5.41) is 14.5. The molecule has 0 aliphatic carbocycles. The van der Waals surface area contributed by atoms with Gasteiger partial charge in [-0.3, -0.25) is 4.98 Å². The topological polar surface area (TPSA) is 74.3 Å². The molecule has 0 fully saturated rings. The highest BCUT2D eigenvalue weighted by Crippen LogP contribution is 2.40. The molecular weight excluding hydrogens is 457 g/mol. The maximum Gasteiger partial charge on any atom is 0.419 e. The van der Waals surface area contributed by atoms with Gasteiger partial charge in [0.1, 0.15) is 18.4 Å². The lowest BCUT2D eigenvalue weighted by Crippen LogP contribution is -2.55. The lowest BCUT2D eigenvalue weighted by atomic mass is 9.91. The average molecular weight is 480 g/mol. The lowest BCUT2D eigenvalue weighted by molar-refractivity contribution is -0.253. The molecule has 0 aliphatic heterocycles. The van der Waals surface area contributed by atoms with E-state index in [2.05, 4.69) is 10.3 Å². The number of carboxylic acid groups (broad SMARTS) is 1. The first-order valence-electron chi connectivity index (χ1n) is 10.3. The molecule has 33 heavy (non-hydrogen) atoms. The summed E-state index contributed by atoms with van der Waals surface area (Å²) < 4.78 is 47.3. The van der Waals surface area contributed by atoms with Crippen molar-refractivity contribution in [3.8, 4) is 16.9 Å². The Bertz CT molecular complexity index is 1170. The number of carbonyl (C=O) groups is 1. The fourth-order valence-corrected chi connectivity index (χ4v) is 4.11. The van der Waals surface area contributed by atoms with Crippen molar-refractivity contribution in [1.82, 2.24) is 10.3 Å². The average Bonchev–Trinajstić information content (AvgIpc) is 2.69. The van der Waals surface area contributed by atoms with Crippen LogP contribution < -0.4 is 15.2 Å². The molecule has 1 aromatic heterocycles. The molecule has 9 heteroatoms. The summed E-state index contributed by atoms with van der Waals surface area (Å²) in [5.41, 5.74) is -0.611. The van der Waals surface area contributed by atoms with Gasteiger partial charge in [0.15, 0.2) is 0 Å². The highest BCUT2D eigenvalue weighted by molar-refractivity contribution is 6.31. The summed E-state index contributed by atoms with van der Waals surface area (Å²) in [7, 11) is 0. The molecule has 0 radical (unpaired) electrons. The van der Waals surface area contributed by atoms with Crippen LogP contribution in [0.3, 0.4) is 0 Å². The van der Waals surface area contributed by atoms with Gasteiger partial charge < -0.3 is 20.0 Å². The molecule has 5 nitrogen and oxygen atoms in total. The third-order valence-electron chi connectivity index (χ3n) is 5.11. The van der Waals surface area contributed by atoms with Crippen LogP contribution in [-0.2, 0) is 6.18 Å². The molecule has 1 unspecified atom stereocenters. The maximum atomic E-state index is 13.9. The van der Waals surface area contributed by atoms with E-state index in [-0.39, 0.29) is 18.3 Å². The number of nitrogens with zero attached hydrogens (tertiary/aromatic N) is 1. The quantitative estimate of drug-likeness (QED) is 0.472. The Kier molecular flexibility index (Phi) is 7.07. The van der Waals surface area contributed by atoms with Gasteiger partial charge in [-0.1, -0.05) is 37.6 Å². The standard InChI is InChI=1S/C24H24ClF3N2O3/c1-14(2)12-23(3,30-22(31)32)13-33-21-7-4-15(10-19(21)24(26,27)28)17-8-9-29-20-11-16(25)5-6-18(17)20/h4-11,14,30H,12-13H2,1-3H3,(H,31,32)/p-1. The van der Waals surface area contributed by atoms with E-state index in [1.165, 1.54) is 18.3 Å². The number of aromatic nitrogens is 1. The van der Waals surface area contributed by atoms with Crippen molar-refractivity contribution >= 4 is 28.6 Å². The minimum atomic E-state index is -4.69. The number of nitrogens with one attached hydrogen (secondary N) is 1. The molecule has 1 N–H and O–H groups in total. The van der Waals surface area contributed by atoms with Crippen LogP contribution in [0, 0.1) is 5.92 Å². The Balaban J connectivity index is 2.00. The summed E-state index contributed by atoms with van der Waals surface area (Å²) in [6, 6.07) is 10.4. The molecule has 1 amide bonds. The van der Waals surface area contributed by atoms with Gasteiger partial charge in [0.05, 0.1) is 16.6 Å². The minimum absolute atomic E-state index is 0.0726. The Morgan fingerprint density at radius 2 is 1.91 bits per heavy atom. The summed E-state index contributed by atoms with van der Waals surface area (Å²) in [6.07, 6.45) is -4.34. The van der Waals surface area contributed by atoms with E-state index < -0.39 is 23.4 Å². The van der Waals surface area contributed by atoms with Crippen LogP contribution in [0.25, 0.3) is 22.0 Å². The van der Waals surface area contributed by atoms with Crippen LogP contribution in [-0.4, -0.2) is 23.2 Å². The molecule has 176 valence electrons. The number of amides is 1. The number of rotatable bonds is 7. The monoisotopic (exact) mass is 479 g/mol. The third kappa shape index (κ3) is 6.07. The second-order valence-corrected chi connectivity index (χ2v) is 9.02. The van der Waals surface area contributed by atoms with Gasteiger partial charge in [-0.2, -0.15) is 13.2 Å². The number of benzene rings is 2.